The van der Waals surface area contributed by atoms with Crippen molar-refractivity contribution in [2.45, 2.75) is 26.7 Å². The van der Waals surface area contributed by atoms with E-state index in [-0.39, 0.29) is 11.6 Å². The number of ether oxygens (including phenoxy) is 3. The third-order valence-electron chi connectivity index (χ3n) is 7.35. The number of anilines is 2. The Hall–Kier alpha value is -4.30. The molecule has 0 amide bonds. The molecule has 45 heavy (non-hydrogen) atoms. The van der Waals surface area contributed by atoms with E-state index >= 15 is 0 Å². The van der Waals surface area contributed by atoms with Crippen LogP contribution in [0.1, 0.15) is 47.4 Å². The molecule has 0 saturated carbocycles. The average molecular weight is 609 g/mol. The van der Waals surface area contributed by atoms with Gasteiger partial charge in [0.25, 0.3) is 0 Å². The second-order valence-corrected chi connectivity index (χ2v) is 10.8. The maximum absolute atomic E-state index is 11.5. The van der Waals surface area contributed by atoms with Gasteiger partial charge >= 0.3 is 0 Å². The summed E-state index contributed by atoms with van der Waals surface area (Å²) in [6.45, 7) is 8.45. The zero-order chi connectivity index (χ0) is 31.7. The second kappa shape index (κ2) is 18.5. The highest BCUT2D eigenvalue weighted by atomic mass is 16.5. The van der Waals surface area contributed by atoms with E-state index in [0.717, 1.165) is 70.7 Å². The molecule has 0 saturated heterocycles. The SMILES string of the molecule is CC(=O)c1ccc(-c2ccc(NCCCOCCOCCOCCCNc3ccc(-c4ccc(C(C)=O)cc4)cc3)cc2)cc1. The first-order valence-electron chi connectivity index (χ1n) is 15.6. The molecule has 236 valence electrons. The molecule has 2 N–H and O–H groups in total. The Morgan fingerprint density at radius 1 is 0.444 bits per heavy atom. The Morgan fingerprint density at radius 2 is 0.733 bits per heavy atom. The van der Waals surface area contributed by atoms with E-state index < -0.39 is 0 Å². The molecular formula is C38H44N2O5. The number of hydrogen-bond acceptors (Lipinski definition) is 7. The zero-order valence-corrected chi connectivity index (χ0v) is 26.3. The predicted octanol–water partition coefficient (Wildman–Crippen LogP) is 7.78. The number of carbonyl (C=O) groups excluding carboxylic acids is 2. The van der Waals surface area contributed by atoms with Crippen LogP contribution in [0.5, 0.6) is 0 Å². The standard InChI is InChI=1S/C38H44N2O5/c1-29(41)31-5-9-33(10-6-31)35-13-17-37(18-14-35)39-21-3-23-43-25-27-45-28-26-44-24-4-22-40-38-19-15-36(16-20-38)34-11-7-32(8-12-34)30(2)42/h5-20,39-40H,3-4,21-28H2,1-2H3. The van der Waals surface area contributed by atoms with Crippen LogP contribution in [0.15, 0.2) is 97.1 Å². The van der Waals surface area contributed by atoms with Gasteiger partial charge in [-0.05, 0) is 73.2 Å². The van der Waals surface area contributed by atoms with Crippen LogP contribution in [0.25, 0.3) is 22.3 Å². The van der Waals surface area contributed by atoms with Gasteiger partial charge in [-0.25, -0.2) is 0 Å². The summed E-state index contributed by atoms with van der Waals surface area (Å²) in [4.78, 5) is 22.9. The predicted molar refractivity (Wildman–Crippen MR) is 182 cm³/mol. The molecule has 4 aromatic carbocycles. The van der Waals surface area contributed by atoms with Crippen LogP contribution in [0.2, 0.25) is 0 Å². The average Bonchev–Trinajstić information content (AvgIpc) is 3.07. The fraction of sp³-hybridized carbons (Fsp3) is 0.316. The lowest BCUT2D eigenvalue weighted by Crippen LogP contribution is -2.12. The highest BCUT2D eigenvalue weighted by molar-refractivity contribution is 5.95. The third kappa shape index (κ3) is 11.6. The lowest BCUT2D eigenvalue weighted by molar-refractivity contribution is 0.0145. The molecule has 0 fully saturated rings. The molecule has 0 spiro atoms. The molecule has 0 heterocycles. The summed E-state index contributed by atoms with van der Waals surface area (Å²) in [5.41, 5.74) is 8.03. The van der Waals surface area contributed by atoms with Gasteiger partial charge in [0.2, 0.25) is 0 Å². The van der Waals surface area contributed by atoms with Crippen LogP contribution < -0.4 is 10.6 Å². The van der Waals surface area contributed by atoms with Gasteiger partial charge in [0.15, 0.2) is 11.6 Å². The molecule has 0 aliphatic carbocycles. The zero-order valence-electron chi connectivity index (χ0n) is 26.3. The summed E-state index contributed by atoms with van der Waals surface area (Å²) < 4.78 is 16.9. The number of nitrogens with one attached hydrogen (secondary N) is 2. The fourth-order valence-corrected chi connectivity index (χ4v) is 4.71. The molecule has 0 aliphatic rings. The molecule has 0 aliphatic heterocycles. The summed E-state index contributed by atoms with van der Waals surface area (Å²) in [6, 6.07) is 32.0. The van der Waals surface area contributed by atoms with Crippen molar-refractivity contribution in [1.82, 2.24) is 0 Å². The minimum Gasteiger partial charge on any atom is -0.385 e. The first kappa shape index (κ1) is 33.6. The maximum atomic E-state index is 11.5. The number of carbonyl (C=O) groups is 2. The monoisotopic (exact) mass is 608 g/mol. The molecule has 7 heteroatoms. The Bertz CT molecular complexity index is 1340. The molecule has 0 bridgehead atoms. The Labute approximate surface area is 266 Å². The fourth-order valence-electron chi connectivity index (χ4n) is 4.71. The molecule has 0 aromatic heterocycles. The second-order valence-electron chi connectivity index (χ2n) is 10.8. The van der Waals surface area contributed by atoms with Crippen molar-refractivity contribution < 1.29 is 23.8 Å². The maximum Gasteiger partial charge on any atom is 0.159 e. The van der Waals surface area contributed by atoms with Crippen LogP contribution in [-0.2, 0) is 14.2 Å². The summed E-state index contributed by atoms with van der Waals surface area (Å²) in [7, 11) is 0. The van der Waals surface area contributed by atoms with Crippen LogP contribution >= 0.6 is 0 Å². The largest absolute Gasteiger partial charge is 0.385 e. The Balaban J connectivity index is 0.943. The number of Topliss-reactive ketones (excluding diaryl/α,β-unsaturated/α-hetero) is 2. The normalized spacial score (nSPS) is 10.9. The van der Waals surface area contributed by atoms with Crippen molar-refractivity contribution in [3.8, 4) is 22.3 Å². The highest BCUT2D eigenvalue weighted by Crippen LogP contribution is 2.23. The van der Waals surface area contributed by atoms with E-state index in [1.54, 1.807) is 13.8 Å². The number of hydrogen-bond donors (Lipinski definition) is 2. The van der Waals surface area contributed by atoms with E-state index in [2.05, 4.69) is 59.2 Å². The molecular weight excluding hydrogens is 564 g/mol. The molecule has 0 radical (unpaired) electrons. The van der Waals surface area contributed by atoms with Crippen LogP contribution in [0.4, 0.5) is 11.4 Å². The van der Waals surface area contributed by atoms with Gasteiger partial charge in [-0.15, -0.1) is 0 Å². The Kier molecular flexibility index (Phi) is 13.8. The van der Waals surface area contributed by atoms with Gasteiger partial charge in [-0.1, -0.05) is 72.8 Å². The molecule has 0 unspecified atom stereocenters. The first-order valence-corrected chi connectivity index (χ1v) is 15.6. The highest BCUT2D eigenvalue weighted by Gasteiger charge is 2.03. The van der Waals surface area contributed by atoms with Gasteiger partial charge in [0, 0.05) is 48.8 Å². The van der Waals surface area contributed by atoms with Crippen molar-refractivity contribution in [3.63, 3.8) is 0 Å². The van der Waals surface area contributed by atoms with Crippen LogP contribution in [0, 0.1) is 0 Å². The van der Waals surface area contributed by atoms with Crippen LogP contribution in [0.3, 0.4) is 0 Å². The Morgan fingerprint density at radius 3 is 1.04 bits per heavy atom. The lowest BCUT2D eigenvalue weighted by Gasteiger charge is -2.10. The van der Waals surface area contributed by atoms with Crippen molar-refractivity contribution >= 4 is 22.9 Å². The van der Waals surface area contributed by atoms with Crippen molar-refractivity contribution in [1.29, 1.82) is 0 Å². The number of rotatable bonds is 20. The topological polar surface area (TPSA) is 85.9 Å². The van der Waals surface area contributed by atoms with E-state index in [0.29, 0.717) is 39.6 Å². The molecule has 4 rings (SSSR count). The quantitative estimate of drug-likeness (QED) is 0.0783. The van der Waals surface area contributed by atoms with Gasteiger partial charge < -0.3 is 24.8 Å². The van der Waals surface area contributed by atoms with Gasteiger partial charge in [0.1, 0.15) is 0 Å². The minimum absolute atomic E-state index is 0.0789. The van der Waals surface area contributed by atoms with E-state index in [1.807, 2.05) is 48.5 Å². The van der Waals surface area contributed by atoms with Crippen LogP contribution in [-0.4, -0.2) is 64.3 Å². The summed E-state index contributed by atoms with van der Waals surface area (Å²) >= 11 is 0. The van der Waals surface area contributed by atoms with Gasteiger partial charge in [-0.2, -0.15) is 0 Å². The summed E-state index contributed by atoms with van der Waals surface area (Å²) in [5, 5.41) is 6.85. The van der Waals surface area contributed by atoms with Crippen molar-refractivity contribution in [2.24, 2.45) is 0 Å². The summed E-state index contributed by atoms with van der Waals surface area (Å²) in [5.74, 6) is 0.158. The summed E-state index contributed by atoms with van der Waals surface area (Å²) in [6.07, 6.45) is 1.82. The molecule has 0 atom stereocenters. The number of benzene rings is 4. The molecule has 4 aromatic rings. The third-order valence-corrected chi connectivity index (χ3v) is 7.35. The first-order chi connectivity index (χ1) is 22.0. The minimum atomic E-state index is 0.0789. The lowest BCUT2D eigenvalue weighted by atomic mass is 10.0. The van der Waals surface area contributed by atoms with Crippen molar-refractivity contribution in [3.05, 3.63) is 108 Å². The van der Waals surface area contributed by atoms with E-state index in [9.17, 15) is 9.59 Å². The van der Waals surface area contributed by atoms with Gasteiger partial charge in [0.05, 0.1) is 26.4 Å². The number of ketones is 2. The van der Waals surface area contributed by atoms with Gasteiger partial charge in [-0.3, -0.25) is 9.59 Å². The van der Waals surface area contributed by atoms with E-state index in [1.165, 1.54) is 0 Å². The van der Waals surface area contributed by atoms with Crippen molar-refractivity contribution in [2.75, 3.05) is 63.4 Å². The smallest absolute Gasteiger partial charge is 0.159 e. The molecule has 7 nitrogen and oxygen atoms in total. The van der Waals surface area contributed by atoms with E-state index in [4.69, 9.17) is 14.2 Å².